The molecule has 0 unspecified atom stereocenters. The van der Waals surface area contributed by atoms with Crippen LogP contribution in [0.15, 0.2) is 29.3 Å². The van der Waals surface area contributed by atoms with Gasteiger partial charge in [-0.3, -0.25) is 4.90 Å². The standard InChI is InChI=1S/C15H19BrF2N2/c1-2-3-4-14(20-7-5-19-6-8-20)15-12(17)9-11(16)10-13(15)18/h2,9-10,14,19H,1,3-8H2/t14-/m0/s1. The highest BCUT2D eigenvalue weighted by molar-refractivity contribution is 9.10. The molecule has 1 heterocycles. The second-order valence-electron chi connectivity index (χ2n) is 4.95. The lowest BCUT2D eigenvalue weighted by Gasteiger charge is -2.35. The Morgan fingerprint density at radius 3 is 2.45 bits per heavy atom. The van der Waals surface area contributed by atoms with Gasteiger partial charge in [-0.2, -0.15) is 0 Å². The van der Waals surface area contributed by atoms with Crippen LogP contribution in [0.5, 0.6) is 0 Å². The monoisotopic (exact) mass is 344 g/mol. The van der Waals surface area contributed by atoms with Gasteiger partial charge in [-0.25, -0.2) is 8.78 Å². The number of halogens is 3. The molecule has 0 aliphatic carbocycles. The summed E-state index contributed by atoms with van der Waals surface area (Å²) in [6.07, 6.45) is 3.21. The van der Waals surface area contributed by atoms with E-state index in [0.717, 1.165) is 32.6 Å². The van der Waals surface area contributed by atoms with Crippen LogP contribution in [0.4, 0.5) is 8.78 Å². The van der Waals surface area contributed by atoms with Crippen LogP contribution in [-0.2, 0) is 0 Å². The topological polar surface area (TPSA) is 15.3 Å². The fourth-order valence-electron chi connectivity index (χ4n) is 2.65. The largest absolute Gasteiger partial charge is 0.314 e. The van der Waals surface area contributed by atoms with E-state index in [-0.39, 0.29) is 11.6 Å². The molecule has 1 aromatic rings. The van der Waals surface area contributed by atoms with Gasteiger partial charge in [0.15, 0.2) is 0 Å². The van der Waals surface area contributed by atoms with Crippen LogP contribution in [-0.4, -0.2) is 31.1 Å². The highest BCUT2D eigenvalue weighted by Crippen LogP contribution is 2.32. The predicted molar refractivity (Wildman–Crippen MR) is 80.7 cm³/mol. The number of piperazine rings is 1. The van der Waals surface area contributed by atoms with Gasteiger partial charge in [-0.1, -0.05) is 22.0 Å². The zero-order valence-electron chi connectivity index (χ0n) is 11.3. The van der Waals surface area contributed by atoms with Gasteiger partial charge in [0.25, 0.3) is 0 Å². The van der Waals surface area contributed by atoms with Crippen molar-refractivity contribution in [1.82, 2.24) is 10.2 Å². The van der Waals surface area contributed by atoms with Gasteiger partial charge in [0, 0.05) is 42.3 Å². The quantitative estimate of drug-likeness (QED) is 0.820. The van der Waals surface area contributed by atoms with E-state index in [1.54, 1.807) is 6.08 Å². The molecule has 1 aromatic carbocycles. The van der Waals surface area contributed by atoms with Gasteiger partial charge < -0.3 is 5.32 Å². The van der Waals surface area contributed by atoms with Crippen molar-refractivity contribution in [3.63, 3.8) is 0 Å². The molecule has 1 fully saturated rings. The fourth-order valence-corrected chi connectivity index (χ4v) is 3.05. The first-order chi connectivity index (χ1) is 9.63. The SMILES string of the molecule is C=CCC[C@@H](c1c(F)cc(Br)cc1F)N1CCNCC1. The molecule has 5 heteroatoms. The molecule has 0 spiro atoms. The van der Waals surface area contributed by atoms with Gasteiger partial charge in [0.2, 0.25) is 0 Å². The average Bonchev–Trinajstić information content (AvgIpc) is 2.42. The summed E-state index contributed by atoms with van der Waals surface area (Å²) in [5.41, 5.74) is 0.178. The second-order valence-corrected chi connectivity index (χ2v) is 5.87. The van der Waals surface area contributed by atoms with E-state index < -0.39 is 11.6 Å². The van der Waals surface area contributed by atoms with Gasteiger partial charge >= 0.3 is 0 Å². The van der Waals surface area contributed by atoms with Crippen LogP contribution in [0.2, 0.25) is 0 Å². The molecular formula is C15H19BrF2N2. The summed E-state index contributed by atoms with van der Waals surface area (Å²) in [7, 11) is 0. The highest BCUT2D eigenvalue weighted by atomic mass is 79.9. The summed E-state index contributed by atoms with van der Waals surface area (Å²) in [5, 5.41) is 3.26. The van der Waals surface area contributed by atoms with Crippen molar-refractivity contribution in [1.29, 1.82) is 0 Å². The minimum atomic E-state index is -0.482. The molecular weight excluding hydrogens is 326 g/mol. The number of benzene rings is 1. The number of nitrogens with one attached hydrogen (secondary N) is 1. The summed E-state index contributed by atoms with van der Waals surface area (Å²) < 4.78 is 28.8. The summed E-state index contributed by atoms with van der Waals surface area (Å²) >= 11 is 3.13. The van der Waals surface area contributed by atoms with E-state index in [1.807, 2.05) is 0 Å². The third kappa shape index (κ3) is 3.65. The van der Waals surface area contributed by atoms with E-state index in [9.17, 15) is 8.78 Å². The number of nitrogens with zero attached hydrogens (tertiary/aromatic N) is 1. The smallest absolute Gasteiger partial charge is 0.132 e. The fraction of sp³-hybridized carbons (Fsp3) is 0.467. The van der Waals surface area contributed by atoms with Gasteiger partial charge in [-0.15, -0.1) is 6.58 Å². The molecule has 2 nitrogen and oxygen atoms in total. The average molecular weight is 345 g/mol. The van der Waals surface area contributed by atoms with Crippen LogP contribution in [0.25, 0.3) is 0 Å². The molecule has 1 saturated heterocycles. The van der Waals surface area contributed by atoms with Crippen LogP contribution >= 0.6 is 15.9 Å². The van der Waals surface area contributed by atoms with E-state index in [1.165, 1.54) is 12.1 Å². The Hall–Kier alpha value is -0.780. The molecule has 0 aromatic heterocycles. The highest BCUT2D eigenvalue weighted by Gasteiger charge is 2.27. The lowest BCUT2D eigenvalue weighted by atomic mass is 9.98. The van der Waals surface area contributed by atoms with E-state index in [2.05, 4.69) is 32.7 Å². The minimum Gasteiger partial charge on any atom is -0.314 e. The Labute approximate surface area is 127 Å². The first-order valence-electron chi connectivity index (χ1n) is 6.83. The van der Waals surface area contributed by atoms with Crippen molar-refractivity contribution in [3.8, 4) is 0 Å². The Kier molecular flexibility index (Phi) is 5.69. The molecule has 0 amide bonds. The lowest BCUT2D eigenvalue weighted by Crippen LogP contribution is -2.45. The zero-order valence-corrected chi connectivity index (χ0v) is 12.9. The summed E-state index contributed by atoms with van der Waals surface area (Å²) in [4.78, 5) is 2.15. The van der Waals surface area contributed by atoms with Gasteiger partial charge in [0.05, 0.1) is 0 Å². The van der Waals surface area contributed by atoms with Crippen LogP contribution in [0, 0.1) is 11.6 Å². The van der Waals surface area contributed by atoms with E-state index >= 15 is 0 Å². The Balaban J connectivity index is 2.32. The molecule has 0 bridgehead atoms. The first-order valence-corrected chi connectivity index (χ1v) is 7.63. The van der Waals surface area contributed by atoms with Crippen LogP contribution < -0.4 is 5.32 Å². The Bertz CT molecular complexity index is 450. The molecule has 0 radical (unpaired) electrons. The number of rotatable bonds is 5. The van der Waals surface area contributed by atoms with Crippen LogP contribution in [0.3, 0.4) is 0 Å². The third-order valence-electron chi connectivity index (χ3n) is 3.61. The normalized spacial score (nSPS) is 17.9. The maximum absolute atomic E-state index is 14.2. The maximum Gasteiger partial charge on any atom is 0.132 e. The van der Waals surface area contributed by atoms with E-state index in [4.69, 9.17) is 0 Å². The molecule has 110 valence electrons. The third-order valence-corrected chi connectivity index (χ3v) is 4.07. The molecule has 0 saturated carbocycles. The molecule has 20 heavy (non-hydrogen) atoms. The van der Waals surface area contributed by atoms with Crippen molar-refractivity contribution in [2.24, 2.45) is 0 Å². The van der Waals surface area contributed by atoms with Crippen molar-refractivity contribution < 1.29 is 8.78 Å². The van der Waals surface area contributed by atoms with Crippen molar-refractivity contribution in [2.75, 3.05) is 26.2 Å². The van der Waals surface area contributed by atoms with Crippen molar-refractivity contribution in [3.05, 3.63) is 46.5 Å². The summed E-state index contributed by atoms with van der Waals surface area (Å²) in [5.74, 6) is -0.964. The summed E-state index contributed by atoms with van der Waals surface area (Å²) in [6, 6.07) is 2.44. The van der Waals surface area contributed by atoms with Crippen LogP contribution in [0.1, 0.15) is 24.4 Å². The number of allylic oxidation sites excluding steroid dienone is 1. The Morgan fingerprint density at radius 1 is 1.30 bits per heavy atom. The van der Waals surface area contributed by atoms with Crippen molar-refractivity contribution >= 4 is 15.9 Å². The molecule has 1 aliphatic rings. The molecule has 1 atom stereocenters. The van der Waals surface area contributed by atoms with Crippen molar-refractivity contribution in [2.45, 2.75) is 18.9 Å². The van der Waals surface area contributed by atoms with Gasteiger partial charge in [-0.05, 0) is 25.0 Å². The minimum absolute atomic E-state index is 0.178. The number of hydrogen-bond donors (Lipinski definition) is 1. The summed E-state index contributed by atoms with van der Waals surface area (Å²) in [6.45, 7) is 7.01. The second kappa shape index (κ2) is 7.29. The zero-order chi connectivity index (χ0) is 14.5. The molecule has 1 aliphatic heterocycles. The van der Waals surface area contributed by atoms with Gasteiger partial charge in [0.1, 0.15) is 11.6 Å². The van der Waals surface area contributed by atoms with E-state index in [0.29, 0.717) is 10.9 Å². The molecule has 1 N–H and O–H groups in total. The number of hydrogen-bond acceptors (Lipinski definition) is 2. The predicted octanol–water partition coefficient (Wildman–Crippen LogP) is 3.64. The Morgan fingerprint density at radius 2 is 1.90 bits per heavy atom. The maximum atomic E-state index is 14.2. The first kappa shape index (κ1) is 15.6. The molecule has 2 rings (SSSR count). The lowest BCUT2D eigenvalue weighted by molar-refractivity contribution is 0.159.